The van der Waals surface area contributed by atoms with Crippen molar-refractivity contribution in [2.45, 2.75) is 26.5 Å². The highest BCUT2D eigenvalue weighted by atomic mass is 32.1. The number of thiazole rings is 1. The van der Waals surface area contributed by atoms with E-state index in [4.69, 9.17) is 14.5 Å². The Bertz CT molecular complexity index is 2070. The van der Waals surface area contributed by atoms with Crippen LogP contribution in [0.25, 0.3) is 16.8 Å². The summed E-state index contributed by atoms with van der Waals surface area (Å²) in [7, 11) is 3.94. The quantitative estimate of drug-likeness (QED) is 0.216. The normalized spacial score (nSPS) is 14.7. The van der Waals surface area contributed by atoms with Crippen LogP contribution in [0.5, 0.6) is 5.75 Å². The van der Waals surface area contributed by atoms with Crippen molar-refractivity contribution in [2.75, 3.05) is 25.6 Å². The number of anilines is 1. The van der Waals surface area contributed by atoms with E-state index in [0.29, 0.717) is 33.0 Å². The van der Waals surface area contributed by atoms with E-state index in [9.17, 15) is 9.59 Å². The highest BCUT2D eigenvalue weighted by molar-refractivity contribution is 7.07. The fourth-order valence-electron chi connectivity index (χ4n) is 5.51. The Kier molecular flexibility index (Phi) is 8.17. The number of carbonyl (C=O) groups is 1. The maximum absolute atomic E-state index is 14.1. The van der Waals surface area contributed by atoms with Crippen LogP contribution in [0, 0.1) is 0 Å². The minimum atomic E-state index is -0.665. The molecule has 4 aromatic carbocycles. The molecule has 8 heteroatoms. The van der Waals surface area contributed by atoms with Gasteiger partial charge in [0.25, 0.3) is 5.56 Å². The number of nitrogens with zero attached hydrogens (tertiary/aromatic N) is 3. The van der Waals surface area contributed by atoms with Gasteiger partial charge in [0.2, 0.25) is 0 Å². The van der Waals surface area contributed by atoms with Crippen LogP contribution in [0.4, 0.5) is 5.69 Å². The summed E-state index contributed by atoms with van der Waals surface area (Å²) in [6.07, 6.45) is 1.85. The van der Waals surface area contributed by atoms with E-state index < -0.39 is 12.0 Å². The van der Waals surface area contributed by atoms with Gasteiger partial charge in [-0.25, -0.2) is 9.79 Å². The largest absolute Gasteiger partial charge is 0.488 e. The zero-order chi connectivity index (χ0) is 30.8. The summed E-state index contributed by atoms with van der Waals surface area (Å²) in [5, 5.41) is 2.30. The van der Waals surface area contributed by atoms with Gasteiger partial charge in [-0.3, -0.25) is 9.36 Å². The Hall–Kier alpha value is -4.95. The molecule has 1 atom stereocenters. The average Bonchev–Trinajstić information content (AvgIpc) is 3.33. The van der Waals surface area contributed by atoms with E-state index in [1.54, 1.807) is 18.4 Å². The minimum absolute atomic E-state index is 0.224. The first-order valence-electron chi connectivity index (χ1n) is 14.5. The summed E-state index contributed by atoms with van der Waals surface area (Å²) in [4.78, 5) is 34.6. The maximum atomic E-state index is 14.1. The second-order valence-electron chi connectivity index (χ2n) is 10.8. The van der Waals surface area contributed by atoms with E-state index in [-0.39, 0.29) is 12.2 Å². The van der Waals surface area contributed by atoms with Crippen molar-refractivity contribution in [1.82, 2.24) is 4.57 Å². The number of fused-ring (bicyclic) bond motifs is 2. The summed E-state index contributed by atoms with van der Waals surface area (Å²) >= 11 is 1.30. The van der Waals surface area contributed by atoms with Crippen molar-refractivity contribution in [1.29, 1.82) is 0 Å². The zero-order valence-electron chi connectivity index (χ0n) is 25.1. The first-order chi connectivity index (χ1) is 21.4. The summed E-state index contributed by atoms with van der Waals surface area (Å²) in [6.45, 7) is 4.17. The molecule has 0 aliphatic carbocycles. The van der Waals surface area contributed by atoms with E-state index in [1.165, 1.54) is 11.3 Å². The lowest BCUT2D eigenvalue weighted by Crippen LogP contribution is -2.40. The van der Waals surface area contributed by atoms with Gasteiger partial charge in [-0.1, -0.05) is 84.1 Å². The number of hydrogen-bond donors (Lipinski definition) is 0. The first-order valence-corrected chi connectivity index (χ1v) is 15.3. The van der Waals surface area contributed by atoms with Gasteiger partial charge in [-0.15, -0.1) is 0 Å². The number of rotatable bonds is 8. The first kappa shape index (κ1) is 29.1. The molecule has 6 rings (SSSR count). The Morgan fingerprint density at radius 3 is 2.48 bits per heavy atom. The third-order valence-electron chi connectivity index (χ3n) is 7.71. The van der Waals surface area contributed by atoms with Crippen LogP contribution in [-0.2, 0) is 16.1 Å². The van der Waals surface area contributed by atoms with Crippen LogP contribution >= 0.6 is 11.3 Å². The fourth-order valence-corrected chi connectivity index (χ4v) is 6.55. The monoisotopic (exact) mass is 603 g/mol. The molecule has 1 aliphatic heterocycles. The molecule has 222 valence electrons. The Balaban J connectivity index is 1.42. The lowest BCUT2D eigenvalue weighted by Gasteiger charge is -2.25. The number of aromatic nitrogens is 1. The van der Waals surface area contributed by atoms with Crippen LogP contribution in [0.3, 0.4) is 0 Å². The Labute approximate surface area is 259 Å². The molecule has 0 saturated heterocycles. The second kappa shape index (κ2) is 12.3. The van der Waals surface area contributed by atoms with E-state index >= 15 is 0 Å². The average molecular weight is 604 g/mol. The standard InChI is InChI=1S/C36H33N3O4S/c1-5-42-35(41)32-23(2)37-36-39(33(32)25-17-19-28(20-18-25)38(3)4)34(40)31(44-36)21-26-12-7-9-16-30(26)43-22-27-14-10-13-24-11-6-8-15-29(24)27/h6-21,33H,5,22H2,1-4H3/b31-21-. The maximum Gasteiger partial charge on any atom is 0.338 e. The van der Waals surface area contributed by atoms with E-state index in [2.05, 4.69) is 24.3 Å². The van der Waals surface area contributed by atoms with E-state index in [1.807, 2.05) is 91.8 Å². The molecule has 0 spiro atoms. The van der Waals surface area contributed by atoms with Gasteiger partial charge >= 0.3 is 5.97 Å². The van der Waals surface area contributed by atoms with Crippen LogP contribution < -0.4 is 24.5 Å². The van der Waals surface area contributed by atoms with Gasteiger partial charge in [0, 0.05) is 25.3 Å². The van der Waals surface area contributed by atoms with Gasteiger partial charge in [0.15, 0.2) is 4.80 Å². The Morgan fingerprint density at radius 2 is 1.70 bits per heavy atom. The third-order valence-corrected chi connectivity index (χ3v) is 8.69. The van der Waals surface area contributed by atoms with Crippen molar-refractivity contribution >= 4 is 39.8 Å². The summed E-state index contributed by atoms with van der Waals surface area (Å²) < 4.78 is 13.9. The van der Waals surface area contributed by atoms with Gasteiger partial charge in [-0.05, 0) is 60.0 Å². The molecule has 0 fully saturated rings. The highest BCUT2D eigenvalue weighted by Gasteiger charge is 2.33. The molecule has 0 radical (unpaired) electrons. The van der Waals surface area contributed by atoms with E-state index in [0.717, 1.165) is 33.2 Å². The zero-order valence-corrected chi connectivity index (χ0v) is 25.9. The number of hydrogen-bond acceptors (Lipinski definition) is 7. The van der Waals surface area contributed by atoms with Crippen molar-refractivity contribution in [3.63, 3.8) is 0 Å². The van der Waals surface area contributed by atoms with Gasteiger partial charge in [-0.2, -0.15) is 0 Å². The molecule has 1 aliphatic rings. The molecule has 7 nitrogen and oxygen atoms in total. The predicted octanol–water partition coefficient (Wildman–Crippen LogP) is 5.60. The summed E-state index contributed by atoms with van der Waals surface area (Å²) in [5.74, 6) is 0.197. The number of allylic oxidation sites excluding steroid dienone is 1. The second-order valence-corrected chi connectivity index (χ2v) is 11.8. The molecular weight excluding hydrogens is 570 g/mol. The van der Waals surface area contributed by atoms with Gasteiger partial charge in [0.1, 0.15) is 12.4 Å². The molecule has 5 aromatic rings. The Morgan fingerprint density at radius 1 is 0.977 bits per heavy atom. The lowest BCUT2D eigenvalue weighted by molar-refractivity contribution is -0.139. The molecule has 1 aromatic heterocycles. The molecule has 0 amide bonds. The van der Waals surface area contributed by atoms with Gasteiger partial charge < -0.3 is 14.4 Å². The van der Waals surface area contributed by atoms with Crippen molar-refractivity contribution in [3.05, 3.63) is 139 Å². The molecule has 0 N–H and O–H groups in total. The van der Waals surface area contributed by atoms with Crippen molar-refractivity contribution in [3.8, 4) is 5.75 Å². The minimum Gasteiger partial charge on any atom is -0.488 e. The lowest BCUT2D eigenvalue weighted by atomic mass is 9.95. The van der Waals surface area contributed by atoms with Crippen molar-refractivity contribution in [2.24, 2.45) is 4.99 Å². The third kappa shape index (κ3) is 5.56. The number of carbonyl (C=O) groups excluding carboxylic acids is 1. The SMILES string of the molecule is CCOC(=O)C1=C(C)N=c2s/c(=C\c3ccccc3OCc3cccc4ccccc34)c(=O)n2C1c1ccc(N(C)C)cc1. The smallest absolute Gasteiger partial charge is 0.338 e. The molecule has 0 bridgehead atoms. The molecular formula is C36H33N3O4S. The molecule has 1 unspecified atom stereocenters. The fraction of sp³-hybridized carbons (Fsp3) is 0.194. The molecule has 0 saturated carbocycles. The molecule has 44 heavy (non-hydrogen) atoms. The number of esters is 1. The topological polar surface area (TPSA) is 73.1 Å². The molecule has 2 heterocycles. The number of para-hydroxylation sites is 1. The number of ether oxygens (including phenoxy) is 2. The highest BCUT2D eigenvalue weighted by Crippen LogP contribution is 2.32. The number of benzene rings is 4. The summed E-state index contributed by atoms with van der Waals surface area (Å²) in [6, 6.07) is 29.3. The van der Waals surface area contributed by atoms with Crippen LogP contribution in [0.2, 0.25) is 0 Å². The van der Waals surface area contributed by atoms with Crippen LogP contribution in [0.1, 0.15) is 36.6 Å². The predicted molar refractivity (Wildman–Crippen MR) is 176 cm³/mol. The van der Waals surface area contributed by atoms with Crippen LogP contribution in [0.15, 0.2) is 112 Å². The van der Waals surface area contributed by atoms with Gasteiger partial charge in [0.05, 0.1) is 28.5 Å². The van der Waals surface area contributed by atoms with Crippen LogP contribution in [-0.4, -0.2) is 31.2 Å². The van der Waals surface area contributed by atoms with Crippen molar-refractivity contribution < 1.29 is 14.3 Å². The summed E-state index contributed by atoms with van der Waals surface area (Å²) in [5.41, 5.74) is 4.36.